The molecule has 1 fully saturated rings. The molecule has 1 aliphatic rings. The number of thiophene rings is 1. The normalized spacial score (nSPS) is 20.6. The highest BCUT2D eigenvalue weighted by Gasteiger charge is 2.36. The van der Waals surface area contributed by atoms with E-state index in [4.69, 9.17) is 5.11 Å². The predicted octanol–water partition coefficient (Wildman–Crippen LogP) is 2.32. The van der Waals surface area contributed by atoms with Crippen molar-refractivity contribution in [2.24, 2.45) is 5.92 Å². The third kappa shape index (κ3) is 3.59. The Balaban J connectivity index is 1.99. The van der Waals surface area contributed by atoms with Gasteiger partial charge in [-0.05, 0) is 30.9 Å². The Morgan fingerprint density at radius 2 is 2.42 bits per heavy atom. The van der Waals surface area contributed by atoms with Gasteiger partial charge < -0.3 is 10.4 Å². The van der Waals surface area contributed by atoms with Gasteiger partial charge in [0.25, 0.3) is 5.91 Å². The second-order valence-electron chi connectivity index (χ2n) is 4.88. The lowest BCUT2D eigenvalue weighted by Crippen LogP contribution is -2.25. The van der Waals surface area contributed by atoms with Gasteiger partial charge in [0.15, 0.2) is 0 Å². The summed E-state index contributed by atoms with van der Waals surface area (Å²) in [7, 11) is 0. The molecule has 1 aromatic heterocycles. The van der Waals surface area contributed by atoms with E-state index in [0.29, 0.717) is 18.4 Å². The van der Waals surface area contributed by atoms with Crippen molar-refractivity contribution in [2.45, 2.75) is 39.2 Å². The van der Waals surface area contributed by atoms with Crippen LogP contribution in [-0.4, -0.2) is 23.7 Å². The van der Waals surface area contributed by atoms with Crippen LogP contribution in [-0.2, 0) is 0 Å². The van der Waals surface area contributed by atoms with E-state index >= 15 is 0 Å². The molecule has 0 bridgehead atoms. The molecule has 0 aromatic carbocycles. The fourth-order valence-electron chi connectivity index (χ4n) is 2.03. The fraction of sp³-hybridized carbons (Fsp3) is 0.533. The monoisotopic (exact) mass is 277 g/mol. The molecule has 2 unspecified atom stereocenters. The van der Waals surface area contributed by atoms with Crippen LogP contribution in [0.5, 0.6) is 0 Å². The first-order chi connectivity index (χ1) is 9.15. The molecule has 0 aliphatic heterocycles. The smallest absolute Gasteiger partial charge is 0.261 e. The number of carbonyl (C=O) groups is 1. The fourth-order valence-corrected chi connectivity index (χ4v) is 2.98. The maximum absolute atomic E-state index is 12.1. The maximum atomic E-state index is 12.1. The molecule has 3 nitrogen and oxygen atoms in total. The Bertz CT molecular complexity index is 524. The van der Waals surface area contributed by atoms with Crippen molar-refractivity contribution in [1.29, 1.82) is 0 Å². The third-order valence-corrected chi connectivity index (χ3v) is 4.50. The topological polar surface area (TPSA) is 49.3 Å². The lowest BCUT2D eigenvalue weighted by molar-refractivity contribution is 0.0953. The predicted molar refractivity (Wildman–Crippen MR) is 77.3 cm³/mol. The highest BCUT2D eigenvalue weighted by Crippen LogP contribution is 2.33. The highest BCUT2D eigenvalue weighted by atomic mass is 32.1. The summed E-state index contributed by atoms with van der Waals surface area (Å²) in [5.41, 5.74) is 1.03. The summed E-state index contributed by atoms with van der Waals surface area (Å²) in [6.45, 7) is 4.19. The Morgan fingerprint density at radius 1 is 1.63 bits per heavy atom. The van der Waals surface area contributed by atoms with Gasteiger partial charge in [-0.3, -0.25) is 4.79 Å². The number of amides is 1. The SMILES string of the molecule is CCC1CC1NC(=O)c1cc(C)c(C#CCCO)s1. The van der Waals surface area contributed by atoms with Gasteiger partial charge in [0.1, 0.15) is 0 Å². The van der Waals surface area contributed by atoms with Crippen LogP contribution in [0.4, 0.5) is 0 Å². The van der Waals surface area contributed by atoms with E-state index in [1.807, 2.05) is 13.0 Å². The molecule has 4 heteroatoms. The molecule has 0 radical (unpaired) electrons. The Labute approximate surface area is 118 Å². The van der Waals surface area contributed by atoms with Gasteiger partial charge in [-0.1, -0.05) is 25.2 Å². The second-order valence-corrected chi connectivity index (χ2v) is 5.93. The molecule has 2 atom stereocenters. The molecule has 2 rings (SSSR count). The van der Waals surface area contributed by atoms with Crippen LogP contribution in [0.3, 0.4) is 0 Å². The van der Waals surface area contributed by atoms with E-state index < -0.39 is 0 Å². The summed E-state index contributed by atoms with van der Waals surface area (Å²) in [5, 5.41) is 11.8. The first kappa shape index (κ1) is 14.1. The van der Waals surface area contributed by atoms with E-state index in [2.05, 4.69) is 24.1 Å². The van der Waals surface area contributed by atoms with Crippen LogP contribution in [0.2, 0.25) is 0 Å². The minimum Gasteiger partial charge on any atom is -0.395 e. The van der Waals surface area contributed by atoms with Crippen molar-refractivity contribution in [1.82, 2.24) is 5.32 Å². The van der Waals surface area contributed by atoms with Gasteiger partial charge in [0, 0.05) is 12.5 Å². The number of hydrogen-bond acceptors (Lipinski definition) is 3. The highest BCUT2D eigenvalue weighted by molar-refractivity contribution is 7.14. The standard InChI is InChI=1S/C15H19NO2S/c1-3-11-9-12(11)16-15(18)14-8-10(2)13(19-14)6-4-5-7-17/h8,11-12,17H,3,5,7,9H2,1-2H3,(H,16,18). The van der Waals surface area contributed by atoms with E-state index in [1.54, 1.807) is 0 Å². The molecule has 2 N–H and O–H groups in total. The van der Waals surface area contributed by atoms with Crippen molar-refractivity contribution in [3.63, 3.8) is 0 Å². The number of aliphatic hydroxyl groups excluding tert-OH is 1. The average molecular weight is 277 g/mol. The minimum absolute atomic E-state index is 0.0178. The lowest BCUT2D eigenvalue weighted by Gasteiger charge is -2.00. The summed E-state index contributed by atoms with van der Waals surface area (Å²) < 4.78 is 0. The van der Waals surface area contributed by atoms with E-state index in [-0.39, 0.29) is 12.5 Å². The third-order valence-electron chi connectivity index (χ3n) is 3.34. The summed E-state index contributed by atoms with van der Waals surface area (Å²) in [6, 6.07) is 2.26. The molecule has 0 spiro atoms. The van der Waals surface area contributed by atoms with Crippen LogP contribution < -0.4 is 5.32 Å². The van der Waals surface area contributed by atoms with Gasteiger partial charge in [0.05, 0.1) is 16.4 Å². The molecule has 0 saturated heterocycles. The average Bonchev–Trinajstić information content (AvgIpc) is 3.04. The van der Waals surface area contributed by atoms with Crippen LogP contribution in [0.25, 0.3) is 0 Å². The van der Waals surface area contributed by atoms with Crippen molar-refractivity contribution < 1.29 is 9.90 Å². The van der Waals surface area contributed by atoms with Gasteiger partial charge in [-0.2, -0.15) is 0 Å². The maximum Gasteiger partial charge on any atom is 0.261 e. The molecule has 1 amide bonds. The van der Waals surface area contributed by atoms with Crippen LogP contribution >= 0.6 is 11.3 Å². The van der Waals surface area contributed by atoms with Crippen LogP contribution in [0, 0.1) is 24.7 Å². The second kappa shape index (κ2) is 6.23. The quantitative estimate of drug-likeness (QED) is 0.830. The summed E-state index contributed by atoms with van der Waals surface area (Å²) in [4.78, 5) is 13.7. The van der Waals surface area contributed by atoms with Gasteiger partial charge in [0.2, 0.25) is 0 Å². The zero-order valence-electron chi connectivity index (χ0n) is 11.3. The van der Waals surface area contributed by atoms with Crippen molar-refractivity contribution >= 4 is 17.2 Å². The van der Waals surface area contributed by atoms with Crippen LogP contribution in [0.15, 0.2) is 6.07 Å². The molecule has 1 aromatic rings. The first-order valence-electron chi connectivity index (χ1n) is 6.66. The molecule has 19 heavy (non-hydrogen) atoms. The van der Waals surface area contributed by atoms with Gasteiger partial charge >= 0.3 is 0 Å². The van der Waals surface area contributed by atoms with Gasteiger partial charge in [-0.25, -0.2) is 0 Å². The molecule has 1 aliphatic carbocycles. The van der Waals surface area contributed by atoms with E-state index in [1.165, 1.54) is 11.3 Å². The number of rotatable bonds is 4. The Hall–Kier alpha value is -1.31. The Kier molecular flexibility index (Phi) is 4.62. The number of aliphatic hydroxyl groups is 1. The van der Waals surface area contributed by atoms with E-state index in [9.17, 15) is 4.79 Å². The zero-order valence-corrected chi connectivity index (χ0v) is 12.1. The number of aryl methyl sites for hydroxylation is 1. The summed E-state index contributed by atoms with van der Waals surface area (Å²) in [5.74, 6) is 6.58. The molecule has 1 saturated carbocycles. The molecular weight excluding hydrogens is 258 g/mol. The Morgan fingerprint density at radius 3 is 3.05 bits per heavy atom. The molecule has 1 heterocycles. The lowest BCUT2D eigenvalue weighted by atomic mass is 10.2. The molecular formula is C15H19NO2S. The van der Waals surface area contributed by atoms with Crippen molar-refractivity contribution in [2.75, 3.05) is 6.61 Å². The number of carbonyl (C=O) groups excluding carboxylic acids is 1. The number of hydrogen-bond donors (Lipinski definition) is 2. The van der Waals surface area contributed by atoms with Crippen molar-refractivity contribution in [3.8, 4) is 11.8 Å². The zero-order chi connectivity index (χ0) is 13.8. The number of nitrogens with one attached hydrogen (secondary N) is 1. The largest absolute Gasteiger partial charge is 0.395 e. The first-order valence-corrected chi connectivity index (χ1v) is 7.48. The summed E-state index contributed by atoms with van der Waals surface area (Å²) >= 11 is 1.43. The minimum atomic E-state index is 0.0178. The van der Waals surface area contributed by atoms with Crippen LogP contribution in [0.1, 0.15) is 46.3 Å². The van der Waals surface area contributed by atoms with Crippen molar-refractivity contribution in [3.05, 3.63) is 21.4 Å². The molecule has 102 valence electrons. The van der Waals surface area contributed by atoms with Gasteiger partial charge in [-0.15, -0.1) is 11.3 Å². The summed E-state index contributed by atoms with van der Waals surface area (Å²) in [6.07, 6.45) is 2.71. The van der Waals surface area contributed by atoms with E-state index in [0.717, 1.165) is 28.2 Å².